The molecule has 0 aliphatic rings. The van der Waals surface area contributed by atoms with E-state index in [-0.39, 0.29) is 22.6 Å². The number of halogens is 3. The number of carboxylic acids is 1. The molecule has 3 aromatic rings. The standard InChI is InChI=1S/C15H8F3NO4/c16-15(17,18)8-2-1-3-9(6-8)23-11-7-19-10-4-5-22-13(10)12(11)14(20)21/h1-7H,(H,20,21). The largest absolute Gasteiger partial charge is 0.477 e. The van der Waals surface area contributed by atoms with E-state index in [9.17, 15) is 23.1 Å². The van der Waals surface area contributed by atoms with Gasteiger partial charge in [0.1, 0.15) is 16.8 Å². The maximum atomic E-state index is 12.7. The van der Waals surface area contributed by atoms with Crippen LogP contribution < -0.4 is 4.74 Å². The van der Waals surface area contributed by atoms with Crippen LogP contribution in [0.3, 0.4) is 0 Å². The molecule has 0 aliphatic heterocycles. The van der Waals surface area contributed by atoms with Gasteiger partial charge in [0.25, 0.3) is 0 Å². The molecule has 2 aromatic heterocycles. The van der Waals surface area contributed by atoms with Gasteiger partial charge in [0, 0.05) is 6.07 Å². The topological polar surface area (TPSA) is 72.6 Å². The van der Waals surface area contributed by atoms with E-state index in [1.807, 2.05) is 0 Å². The molecule has 118 valence electrons. The third kappa shape index (κ3) is 2.83. The molecule has 0 atom stereocenters. The summed E-state index contributed by atoms with van der Waals surface area (Å²) in [4.78, 5) is 15.3. The van der Waals surface area contributed by atoms with E-state index in [0.29, 0.717) is 5.52 Å². The molecule has 3 rings (SSSR count). The molecule has 0 saturated carbocycles. The van der Waals surface area contributed by atoms with Crippen LogP contribution in [0.25, 0.3) is 11.1 Å². The predicted molar refractivity (Wildman–Crippen MR) is 72.5 cm³/mol. The normalized spacial score (nSPS) is 11.6. The molecule has 0 unspecified atom stereocenters. The minimum atomic E-state index is -4.53. The van der Waals surface area contributed by atoms with Gasteiger partial charge in [0.15, 0.2) is 11.3 Å². The summed E-state index contributed by atoms with van der Waals surface area (Å²) >= 11 is 0. The van der Waals surface area contributed by atoms with Crippen molar-refractivity contribution in [1.82, 2.24) is 4.98 Å². The van der Waals surface area contributed by atoms with Crippen molar-refractivity contribution in [3.63, 3.8) is 0 Å². The first-order chi connectivity index (χ1) is 10.9. The highest BCUT2D eigenvalue weighted by Gasteiger charge is 2.31. The fourth-order valence-corrected chi connectivity index (χ4v) is 2.04. The van der Waals surface area contributed by atoms with E-state index in [4.69, 9.17) is 9.15 Å². The van der Waals surface area contributed by atoms with Gasteiger partial charge in [-0.3, -0.25) is 0 Å². The third-order valence-corrected chi connectivity index (χ3v) is 3.04. The molecule has 0 radical (unpaired) electrons. The van der Waals surface area contributed by atoms with Gasteiger partial charge in [-0.2, -0.15) is 13.2 Å². The van der Waals surface area contributed by atoms with Gasteiger partial charge < -0.3 is 14.3 Å². The highest BCUT2D eigenvalue weighted by Crippen LogP contribution is 2.34. The number of benzene rings is 1. The molecular formula is C15H8F3NO4. The summed E-state index contributed by atoms with van der Waals surface area (Å²) in [6, 6.07) is 5.58. The summed E-state index contributed by atoms with van der Waals surface area (Å²) in [5.41, 5.74) is -0.919. The molecule has 1 aromatic carbocycles. The number of aromatic nitrogens is 1. The molecule has 8 heteroatoms. The molecule has 2 heterocycles. The van der Waals surface area contributed by atoms with E-state index < -0.39 is 17.7 Å². The quantitative estimate of drug-likeness (QED) is 0.776. The summed E-state index contributed by atoms with van der Waals surface area (Å²) in [5, 5.41) is 9.30. The number of carbonyl (C=O) groups is 1. The zero-order valence-electron chi connectivity index (χ0n) is 11.3. The molecule has 0 amide bonds. The van der Waals surface area contributed by atoms with Crippen LogP contribution in [0.1, 0.15) is 15.9 Å². The molecular weight excluding hydrogens is 315 g/mol. The zero-order chi connectivity index (χ0) is 16.6. The minimum Gasteiger partial charge on any atom is -0.477 e. The number of pyridine rings is 1. The zero-order valence-corrected chi connectivity index (χ0v) is 11.3. The van der Waals surface area contributed by atoms with Crippen LogP contribution in [0.15, 0.2) is 47.2 Å². The molecule has 0 saturated heterocycles. The number of furan rings is 1. The van der Waals surface area contributed by atoms with Crippen LogP contribution in [-0.2, 0) is 6.18 Å². The van der Waals surface area contributed by atoms with Crippen LogP contribution in [0, 0.1) is 0 Å². The van der Waals surface area contributed by atoms with Crippen molar-refractivity contribution in [2.24, 2.45) is 0 Å². The second-order valence-corrected chi connectivity index (χ2v) is 4.57. The van der Waals surface area contributed by atoms with Crippen molar-refractivity contribution in [2.45, 2.75) is 6.18 Å². The lowest BCUT2D eigenvalue weighted by Crippen LogP contribution is -2.05. The Balaban J connectivity index is 2.05. The lowest BCUT2D eigenvalue weighted by atomic mass is 10.2. The van der Waals surface area contributed by atoms with Crippen molar-refractivity contribution < 1.29 is 32.2 Å². The third-order valence-electron chi connectivity index (χ3n) is 3.04. The molecule has 0 aliphatic carbocycles. The summed E-state index contributed by atoms with van der Waals surface area (Å²) in [6.07, 6.45) is -2.14. The van der Waals surface area contributed by atoms with Crippen molar-refractivity contribution in [3.8, 4) is 11.5 Å². The average Bonchev–Trinajstić information content (AvgIpc) is 2.94. The second-order valence-electron chi connectivity index (χ2n) is 4.57. The molecule has 0 bridgehead atoms. The van der Waals surface area contributed by atoms with Gasteiger partial charge in [-0.25, -0.2) is 9.78 Å². The van der Waals surface area contributed by atoms with Crippen molar-refractivity contribution in [3.05, 3.63) is 53.9 Å². The number of rotatable bonds is 3. The van der Waals surface area contributed by atoms with Crippen molar-refractivity contribution in [2.75, 3.05) is 0 Å². The highest BCUT2D eigenvalue weighted by molar-refractivity contribution is 6.02. The first-order valence-electron chi connectivity index (χ1n) is 6.31. The van der Waals surface area contributed by atoms with Crippen molar-refractivity contribution >= 4 is 17.1 Å². The SMILES string of the molecule is O=C(O)c1c(Oc2cccc(C(F)(F)F)c2)cnc2ccoc12. The van der Waals surface area contributed by atoms with E-state index in [0.717, 1.165) is 24.4 Å². The Morgan fingerprint density at radius 3 is 2.74 bits per heavy atom. The molecule has 5 nitrogen and oxygen atoms in total. The van der Waals surface area contributed by atoms with E-state index in [1.54, 1.807) is 0 Å². The minimum absolute atomic E-state index is 0.0121. The lowest BCUT2D eigenvalue weighted by molar-refractivity contribution is -0.137. The van der Waals surface area contributed by atoms with Gasteiger partial charge >= 0.3 is 12.1 Å². The van der Waals surface area contributed by atoms with E-state index in [2.05, 4.69) is 4.98 Å². The fraction of sp³-hybridized carbons (Fsp3) is 0.0667. The lowest BCUT2D eigenvalue weighted by Gasteiger charge is -2.11. The molecule has 0 spiro atoms. The number of ether oxygens (including phenoxy) is 1. The van der Waals surface area contributed by atoms with Crippen LogP contribution in [-0.4, -0.2) is 16.1 Å². The Morgan fingerprint density at radius 1 is 1.26 bits per heavy atom. The predicted octanol–water partition coefficient (Wildman–Crippen LogP) is 4.34. The molecule has 1 N–H and O–H groups in total. The molecule has 23 heavy (non-hydrogen) atoms. The number of hydrogen-bond acceptors (Lipinski definition) is 4. The number of nitrogens with zero attached hydrogens (tertiary/aromatic N) is 1. The number of fused-ring (bicyclic) bond motifs is 1. The summed E-state index contributed by atoms with van der Waals surface area (Å²) in [7, 11) is 0. The Kier molecular flexibility index (Phi) is 3.44. The summed E-state index contributed by atoms with van der Waals surface area (Å²) in [6.45, 7) is 0. The van der Waals surface area contributed by atoms with E-state index >= 15 is 0 Å². The number of carboxylic acid groups (broad SMARTS) is 1. The summed E-state index contributed by atoms with van der Waals surface area (Å²) < 4.78 is 48.5. The Labute approximate surface area is 126 Å². The smallest absolute Gasteiger partial charge is 0.416 e. The maximum absolute atomic E-state index is 12.7. The summed E-state index contributed by atoms with van der Waals surface area (Å²) in [5.74, 6) is -1.70. The fourth-order valence-electron chi connectivity index (χ4n) is 2.04. The Bertz CT molecular complexity index is 886. The Morgan fingerprint density at radius 2 is 2.04 bits per heavy atom. The monoisotopic (exact) mass is 323 g/mol. The number of aromatic carboxylic acids is 1. The van der Waals surface area contributed by atoms with Gasteiger partial charge in [0.2, 0.25) is 0 Å². The van der Waals surface area contributed by atoms with Gasteiger partial charge in [-0.1, -0.05) is 6.07 Å². The number of alkyl halides is 3. The van der Waals surface area contributed by atoms with Gasteiger partial charge in [-0.15, -0.1) is 0 Å². The van der Waals surface area contributed by atoms with E-state index in [1.165, 1.54) is 18.4 Å². The first kappa shape index (κ1) is 14.9. The van der Waals surface area contributed by atoms with Gasteiger partial charge in [-0.05, 0) is 18.2 Å². The second kappa shape index (κ2) is 5.31. The van der Waals surface area contributed by atoms with Crippen molar-refractivity contribution in [1.29, 1.82) is 0 Å². The van der Waals surface area contributed by atoms with Crippen LogP contribution in [0.4, 0.5) is 13.2 Å². The maximum Gasteiger partial charge on any atom is 0.416 e. The molecule has 0 fully saturated rings. The Hall–Kier alpha value is -3.03. The van der Waals surface area contributed by atoms with Gasteiger partial charge in [0.05, 0.1) is 18.0 Å². The number of hydrogen-bond donors (Lipinski definition) is 1. The van der Waals surface area contributed by atoms with Crippen LogP contribution in [0.5, 0.6) is 11.5 Å². The van der Waals surface area contributed by atoms with Crippen LogP contribution in [0.2, 0.25) is 0 Å². The first-order valence-corrected chi connectivity index (χ1v) is 6.31. The highest BCUT2D eigenvalue weighted by atomic mass is 19.4. The van der Waals surface area contributed by atoms with Crippen LogP contribution >= 0.6 is 0 Å². The average molecular weight is 323 g/mol.